The summed E-state index contributed by atoms with van der Waals surface area (Å²) in [5, 5.41) is 21.9. The van der Waals surface area contributed by atoms with Gasteiger partial charge in [0.15, 0.2) is 37.9 Å². The van der Waals surface area contributed by atoms with Crippen LogP contribution in [0.15, 0.2) is 122 Å². The van der Waals surface area contributed by atoms with E-state index in [0.29, 0.717) is 0 Å². The van der Waals surface area contributed by atoms with Gasteiger partial charge in [-0.1, -0.05) is 72.8 Å². The highest BCUT2D eigenvalue weighted by Crippen LogP contribution is 2.19. The summed E-state index contributed by atoms with van der Waals surface area (Å²) in [7, 11) is 0. The molecule has 38 heavy (non-hydrogen) atoms. The van der Waals surface area contributed by atoms with Gasteiger partial charge in [-0.15, -0.1) is 0 Å². The fourth-order valence-corrected chi connectivity index (χ4v) is 4.28. The number of aromatic nitrogens is 2. The van der Waals surface area contributed by atoms with E-state index in [1.54, 1.807) is 48.5 Å². The average molecular weight is 501 g/mol. The normalized spacial score (nSPS) is 10.7. The van der Waals surface area contributed by atoms with Gasteiger partial charge in [-0.25, -0.2) is 9.13 Å². The fraction of sp³-hybridized carbons (Fsp3) is 0.0625. The number of nitrogens with zero attached hydrogens (tertiary/aromatic N) is 2. The van der Waals surface area contributed by atoms with Crippen LogP contribution in [0.3, 0.4) is 0 Å². The first-order chi connectivity index (χ1) is 18.4. The van der Waals surface area contributed by atoms with Crippen LogP contribution in [0.1, 0.15) is 31.8 Å². The topological polar surface area (TPSA) is 88.0 Å². The highest BCUT2D eigenvalue weighted by Gasteiger charge is 2.08. The number of hydrogen-bond donors (Lipinski definition) is 0. The predicted molar refractivity (Wildman–Crippen MR) is 137 cm³/mol. The Hall–Kier alpha value is -5.10. The van der Waals surface area contributed by atoms with Gasteiger partial charge in [-0.2, -0.15) is 0 Å². The molecule has 0 aliphatic rings. The van der Waals surface area contributed by atoms with Gasteiger partial charge in [0, 0.05) is 35.4 Å². The Morgan fingerprint density at radius 1 is 0.447 bits per heavy atom. The van der Waals surface area contributed by atoms with Crippen molar-refractivity contribution in [2.75, 3.05) is 0 Å². The van der Waals surface area contributed by atoms with E-state index in [-0.39, 0.29) is 11.1 Å². The van der Waals surface area contributed by atoms with Crippen molar-refractivity contribution >= 4 is 11.9 Å². The summed E-state index contributed by atoms with van der Waals surface area (Å²) in [6.07, 6.45) is 8.05. The van der Waals surface area contributed by atoms with E-state index in [4.69, 9.17) is 0 Å². The molecule has 6 nitrogen and oxygen atoms in total. The third kappa shape index (κ3) is 5.82. The van der Waals surface area contributed by atoms with Crippen LogP contribution in [0, 0.1) is 0 Å². The number of carbonyl (C=O) groups is 2. The largest absolute Gasteiger partial charge is 0.545 e. The number of carbonyl (C=O) groups excluding carboxylic acids is 2. The smallest absolute Gasteiger partial charge is 0.173 e. The Morgan fingerprint density at radius 2 is 0.737 bits per heavy atom. The van der Waals surface area contributed by atoms with Gasteiger partial charge in [0.25, 0.3) is 0 Å². The maximum Gasteiger partial charge on any atom is 0.173 e. The SMILES string of the molecule is O=C([O-])c1ccc(-c2cc[n+](Cc3ccc(C[n+]4ccc(-c5ccc(C(=O)[O-])cc5)cc4)cc3)cc2)cc1. The molecule has 0 aliphatic heterocycles. The van der Waals surface area contributed by atoms with Crippen molar-refractivity contribution in [3.8, 4) is 22.3 Å². The van der Waals surface area contributed by atoms with Crippen molar-refractivity contribution in [3.05, 3.63) is 144 Å². The van der Waals surface area contributed by atoms with Crippen LogP contribution >= 0.6 is 0 Å². The zero-order valence-electron chi connectivity index (χ0n) is 20.5. The molecule has 186 valence electrons. The van der Waals surface area contributed by atoms with Gasteiger partial charge in [0.05, 0.1) is 11.9 Å². The Balaban J connectivity index is 1.19. The molecule has 0 N–H and O–H groups in total. The van der Waals surface area contributed by atoms with Crippen molar-refractivity contribution in [3.63, 3.8) is 0 Å². The van der Waals surface area contributed by atoms with Gasteiger partial charge < -0.3 is 19.8 Å². The second-order valence-corrected chi connectivity index (χ2v) is 9.06. The fourth-order valence-electron chi connectivity index (χ4n) is 4.28. The van der Waals surface area contributed by atoms with Crippen molar-refractivity contribution in [1.29, 1.82) is 0 Å². The molecule has 0 saturated heterocycles. The maximum absolute atomic E-state index is 10.9. The third-order valence-electron chi connectivity index (χ3n) is 6.44. The lowest BCUT2D eigenvalue weighted by Gasteiger charge is -2.06. The minimum atomic E-state index is -1.18. The van der Waals surface area contributed by atoms with Crippen molar-refractivity contribution in [2.24, 2.45) is 0 Å². The molecule has 0 radical (unpaired) electrons. The van der Waals surface area contributed by atoms with E-state index in [0.717, 1.165) is 35.3 Å². The molecule has 0 aliphatic carbocycles. The standard InChI is InChI=1S/C32H24N2O4/c35-31(36)29-9-5-25(6-10-29)27-13-17-33(18-14-27)21-23-1-2-24(4-3-23)22-34-19-15-28(16-20-34)26-7-11-30(12-8-26)32(37)38/h1-20H,21-22H2. The van der Waals surface area contributed by atoms with E-state index < -0.39 is 11.9 Å². The minimum absolute atomic E-state index is 0.168. The molecule has 3 aromatic carbocycles. The monoisotopic (exact) mass is 500 g/mol. The Morgan fingerprint density at radius 3 is 1.03 bits per heavy atom. The van der Waals surface area contributed by atoms with Crippen LogP contribution in [-0.2, 0) is 13.1 Å². The number of hydrogen-bond acceptors (Lipinski definition) is 4. The summed E-state index contributed by atoms with van der Waals surface area (Å²) in [5.74, 6) is -2.35. The third-order valence-corrected chi connectivity index (χ3v) is 6.44. The predicted octanol–water partition coefficient (Wildman–Crippen LogP) is 2.42. The second kappa shape index (κ2) is 10.9. The van der Waals surface area contributed by atoms with Crippen molar-refractivity contribution in [2.45, 2.75) is 13.1 Å². The molecule has 0 bridgehead atoms. The van der Waals surface area contributed by atoms with Gasteiger partial charge in [0.1, 0.15) is 0 Å². The number of aromatic carboxylic acids is 2. The van der Waals surface area contributed by atoms with Gasteiger partial charge >= 0.3 is 0 Å². The number of benzene rings is 3. The summed E-state index contributed by atoms with van der Waals surface area (Å²) in [5.41, 5.74) is 6.63. The van der Waals surface area contributed by atoms with Crippen LogP contribution in [0.5, 0.6) is 0 Å². The summed E-state index contributed by atoms with van der Waals surface area (Å²) < 4.78 is 4.20. The van der Waals surface area contributed by atoms with Crippen LogP contribution in [0.2, 0.25) is 0 Å². The summed E-state index contributed by atoms with van der Waals surface area (Å²) in [6.45, 7) is 1.48. The highest BCUT2D eigenvalue weighted by atomic mass is 16.4. The molecule has 0 spiro atoms. The van der Waals surface area contributed by atoms with E-state index in [2.05, 4.69) is 33.4 Å². The molecule has 0 fully saturated rings. The molecule has 2 heterocycles. The number of carboxylic acid groups (broad SMARTS) is 2. The Labute approximate surface area is 220 Å². The Bertz CT molecular complexity index is 1440. The number of carboxylic acids is 2. The summed E-state index contributed by atoms with van der Waals surface area (Å²) in [6, 6.07) is 29.9. The molecule has 0 amide bonds. The second-order valence-electron chi connectivity index (χ2n) is 9.06. The molecular weight excluding hydrogens is 476 g/mol. The zero-order chi connectivity index (χ0) is 26.5. The van der Waals surface area contributed by atoms with Crippen LogP contribution < -0.4 is 19.3 Å². The van der Waals surface area contributed by atoms with E-state index >= 15 is 0 Å². The minimum Gasteiger partial charge on any atom is -0.545 e. The number of pyridine rings is 2. The lowest BCUT2D eigenvalue weighted by molar-refractivity contribution is -0.688. The lowest BCUT2D eigenvalue weighted by Crippen LogP contribution is -2.33. The molecule has 0 unspecified atom stereocenters. The molecular formula is C32H24N2O4. The quantitative estimate of drug-likeness (QED) is 0.306. The molecule has 6 heteroatoms. The lowest BCUT2D eigenvalue weighted by atomic mass is 10.0. The average Bonchev–Trinajstić information content (AvgIpc) is 2.95. The highest BCUT2D eigenvalue weighted by molar-refractivity contribution is 5.87. The van der Waals surface area contributed by atoms with Gasteiger partial charge in [-0.05, 0) is 33.4 Å². The first kappa shape index (κ1) is 24.6. The van der Waals surface area contributed by atoms with Gasteiger partial charge in [-0.3, -0.25) is 0 Å². The first-order valence-electron chi connectivity index (χ1n) is 12.1. The summed E-state index contributed by atoms with van der Waals surface area (Å²) in [4.78, 5) is 21.9. The van der Waals surface area contributed by atoms with E-state index in [9.17, 15) is 19.8 Å². The van der Waals surface area contributed by atoms with E-state index in [1.807, 2.05) is 49.1 Å². The Kier molecular flexibility index (Phi) is 7.04. The van der Waals surface area contributed by atoms with Crippen molar-refractivity contribution < 1.29 is 28.9 Å². The maximum atomic E-state index is 10.9. The van der Waals surface area contributed by atoms with Crippen LogP contribution in [0.4, 0.5) is 0 Å². The molecule has 0 saturated carbocycles. The van der Waals surface area contributed by atoms with Gasteiger partial charge in [0.2, 0.25) is 0 Å². The zero-order valence-corrected chi connectivity index (χ0v) is 20.5. The first-order valence-corrected chi connectivity index (χ1v) is 12.1. The number of rotatable bonds is 8. The molecule has 0 atom stereocenters. The molecule has 2 aromatic heterocycles. The summed E-state index contributed by atoms with van der Waals surface area (Å²) >= 11 is 0. The van der Waals surface area contributed by atoms with Crippen LogP contribution in [0.25, 0.3) is 22.3 Å². The van der Waals surface area contributed by atoms with Crippen molar-refractivity contribution in [1.82, 2.24) is 0 Å². The van der Waals surface area contributed by atoms with Crippen LogP contribution in [-0.4, -0.2) is 11.9 Å². The van der Waals surface area contributed by atoms with E-state index in [1.165, 1.54) is 11.1 Å². The molecule has 5 aromatic rings. The molecule has 5 rings (SSSR count).